The van der Waals surface area contributed by atoms with E-state index in [9.17, 15) is 28.0 Å². The number of aromatic amines is 1. The molecule has 11 rings (SSSR count). The molecule has 5 N–H and O–H groups in total. The van der Waals surface area contributed by atoms with Crippen molar-refractivity contribution in [3.05, 3.63) is 124 Å². The van der Waals surface area contributed by atoms with Gasteiger partial charge < -0.3 is 45.7 Å². The molecule has 20 heteroatoms. The van der Waals surface area contributed by atoms with E-state index in [1.807, 2.05) is 75.5 Å². The average molecular weight is 1090 g/mol. The van der Waals surface area contributed by atoms with Crippen LogP contribution in [0.25, 0.3) is 11.0 Å². The Balaban J connectivity index is 0.620. The third-order valence-corrected chi connectivity index (χ3v) is 17.9. The van der Waals surface area contributed by atoms with Gasteiger partial charge in [0.25, 0.3) is 5.91 Å². The van der Waals surface area contributed by atoms with E-state index < -0.39 is 22.6 Å². The largest absolute Gasteiger partial charge is 0.373 e. The van der Waals surface area contributed by atoms with Crippen LogP contribution in [0.2, 0.25) is 5.02 Å². The van der Waals surface area contributed by atoms with Crippen LogP contribution < -0.4 is 21.3 Å². The molecule has 1 aliphatic carbocycles. The van der Waals surface area contributed by atoms with Gasteiger partial charge in [-0.05, 0) is 98.9 Å². The zero-order chi connectivity index (χ0) is 54.0. The summed E-state index contributed by atoms with van der Waals surface area (Å²) >= 11 is 6.30. The van der Waals surface area contributed by atoms with Gasteiger partial charge in [0.05, 0.1) is 41.1 Å². The number of aromatic nitrogens is 3. The Labute approximate surface area is 459 Å². The topological polar surface area (TPSA) is 189 Å². The lowest BCUT2D eigenvalue weighted by Crippen LogP contribution is -2.60. The molecular formula is C58H71ClF2N12O5. The molecule has 5 saturated heterocycles. The molecule has 1 saturated carbocycles. The van der Waals surface area contributed by atoms with Gasteiger partial charge in [-0.15, -0.1) is 0 Å². The first-order chi connectivity index (χ1) is 37.7. The molecule has 0 spiro atoms. The predicted octanol–water partition coefficient (Wildman–Crippen LogP) is 5.47. The number of halogens is 3. The van der Waals surface area contributed by atoms with Gasteiger partial charge in [-0.1, -0.05) is 41.9 Å². The number of carbonyl (C=O) groups is 4. The number of piperazine rings is 2. The third-order valence-electron chi connectivity index (χ3n) is 17.7. The van der Waals surface area contributed by atoms with Crippen molar-refractivity contribution in [2.24, 2.45) is 11.1 Å². The number of ether oxygens (including phenoxy) is 1. The van der Waals surface area contributed by atoms with E-state index in [1.165, 1.54) is 12.1 Å². The molecule has 2 bridgehead atoms. The number of fused-ring (bicyclic) bond motifs is 3. The smallest absolute Gasteiger partial charge is 0.253 e. The highest BCUT2D eigenvalue weighted by Crippen LogP contribution is 2.54. The molecule has 4 amide bonds. The molecule has 414 valence electrons. The second-order valence-corrected chi connectivity index (χ2v) is 23.2. The highest BCUT2D eigenvalue weighted by atomic mass is 35.5. The van der Waals surface area contributed by atoms with Crippen molar-refractivity contribution >= 4 is 52.1 Å². The summed E-state index contributed by atoms with van der Waals surface area (Å²) in [5, 5.41) is 7.90. The summed E-state index contributed by atoms with van der Waals surface area (Å²) < 4.78 is 34.0. The minimum absolute atomic E-state index is 0.00227. The third kappa shape index (κ3) is 11.6. The monoisotopic (exact) mass is 1090 g/mol. The van der Waals surface area contributed by atoms with Crippen LogP contribution in [0, 0.1) is 17.0 Å². The number of piperidine rings is 2. The summed E-state index contributed by atoms with van der Waals surface area (Å²) in [6.07, 6.45) is 9.13. The van der Waals surface area contributed by atoms with Crippen LogP contribution >= 0.6 is 11.6 Å². The Morgan fingerprint density at radius 1 is 0.833 bits per heavy atom. The van der Waals surface area contributed by atoms with E-state index in [0.29, 0.717) is 101 Å². The van der Waals surface area contributed by atoms with E-state index >= 15 is 0 Å². The Hall–Kier alpha value is -6.09. The SMILES string of the molecule is NC1(C(=O)NC(CCN2CCN(C(=O)C34CCC(CN5CCN(C(=O)c6cccc(C7CCCN(C(=O)CNCc8ccc(F)cc8F)C7)c6)CC5)(C3)OC4)CC2)c2ccc(Cl)cc2)CCN(c2ncnc3[nH]ccc23)CC1. The molecule has 5 aliphatic heterocycles. The Kier molecular flexibility index (Phi) is 15.9. The van der Waals surface area contributed by atoms with Crippen molar-refractivity contribution in [3.8, 4) is 0 Å². The predicted molar refractivity (Wildman–Crippen MR) is 293 cm³/mol. The van der Waals surface area contributed by atoms with Gasteiger partial charge in [0, 0.05) is 133 Å². The first-order valence-corrected chi connectivity index (χ1v) is 28.2. The number of nitrogens with one attached hydrogen (secondary N) is 3. The van der Waals surface area contributed by atoms with Crippen LogP contribution in [0.5, 0.6) is 0 Å². The lowest BCUT2D eigenvalue weighted by molar-refractivity contribution is -0.146. The number of carbonyl (C=O) groups excluding carboxylic acids is 4. The summed E-state index contributed by atoms with van der Waals surface area (Å²) in [4.78, 5) is 80.3. The maximum absolute atomic E-state index is 14.4. The van der Waals surface area contributed by atoms with E-state index in [1.54, 1.807) is 6.33 Å². The van der Waals surface area contributed by atoms with Gasteiger partial charge >= 0.3 is 0 Å². The van der Waals surface area contributed by atoms with Crippen molar-refractivity contribution < 1.29 is 32.7 Å². The number of rotatable bonds is 16. The first-order valence-electron chi connectivity index (χ1n) is 27.8. The highest BCUT2D eigenvalue weighted by molar-refractivity contribution is 6.30. The number of amides is 4. The Morgan fingerprint density at radius 2 is 1.60 bits per heavy atom. The molecule has 7 heterocycles. The normalized spacial score (nSPS) is 24.2. The standard InChI is InChI=1S/C58H71ClF2N12O5/c59-45-9-6-40(7-10-45)49(67-54(76)58(62)16-21-70(22-17-58)52-47-12-18-64-51(47)65-39-66-52)13-20-68-23-29-72(30-24-68)55(77)56-14-15-57(36-56,78-38-56)37-69-25-27-71(28-26-69)53(75)42-4-1-3-41(31-42)44-5-2-19-73(35-44)50(74)34-63-33-43-8-11-46(60)32-48(43)61/h1,3-4,6-12,18,31-32,39,44,49,63H,2,5,13-17,19-30,33-38,62H2,(H,67,76)(H,64,65,66). The Morgan fingerprint density at radius 3 is 2.36 bits per heavy atom. The fourth-order valence-electron chi connectivity index (χ4n) is 13.0. The molecule has 4 unspecified atom stereocenters. The van der Waals surface area contributed by atoms with Crippen LogP contribution in [0.3, 0.4) is 0 Å². The quantitative estimate of drug-likeness (QED) is 0.0978. The van der Waals surface area contributed by atoms with Gasteiger partial charge in [0.1, 0.15) is 29.4 Å². The van der Waals surface area contributed by atoms with Gasteiger partial charge in [0.2, 0.25) is 17.7 Å². The van der Waals surface area contributed by atoms with Crippen molar-refractivity contribution in [3.63, 3.8) is 0 Å². The second-order valence-electron chi connectivity index (χ2n) is 22.7. The maximum atomic E-state index is 14.4. The molecule has 0 radical (unpaired) electrons. The molecule has 17 nitrogen and oxygen atoms in total. The minimum atomic E-state index is -1.03. The summed E-state index contributed by atoms with van der Waals surface area (Å²) in [6.45, 7) is 9.80. The molecule has 6 aliphatic rings. The molecule has 2 aromatic heterocycles. The number of anilines is 1. The van der Waals surface area contributed by atoms with Crippen LogP contribution in [-0.2, 0) is 25.7 Å². The van der Waals surface area contributed by atoms with Crippen molar-refractivity contribution in [2.75, 3.05) is 110 Å². The number of likely N-dealkylation sites (tertiary alicyclic amines) is 1. The van der Waals surface area contributed by atoms with Gasteiger partial charge in [-0.25, -0.2) is 18.7 Å². The van der Waals surface area contributed by atoms with E-state index in [2.05, 4.69) is 40.3 Å². The summed E-state index contributed by atoms with van der Waals surface area (Å²) in [5.74, 6) is -0.403. The molecule has 4 atom stereocenters. The lowest BCUT2D eigenvalue weighted by Gasteiger charge is -2.40. The summed E-state index contributed by atoms with van der Waals surface area (Å²) in [6, 6.07) is 20.6. The lowest BCUT2D eigenvalue weighted by atomic mass is 9.85. The fraction of sp³-hybridized carbons (Fsp3) is 0.517. The van der Waals surface area contributed by atoms with Crippen molar-refractivity contribution in [1.82, 2.24) is 50.1 Å². The summed E-state index contributed by atoms with van der Waals surface area (Å²) in [5.41, 5.74) is 8.69. The molecule has 6 fully saturated rings. The van der Waals surface area contributed by atoms with Crippen LogP contribution in [0.4, 0.5) is 14.6 Å². The van der Waals surface area contributed by atoms with Crippen LogP contribution in [-0.4, -0.2) is 179 Å². The van der Waals surface area contributed by atoms with Crippen LogP contribution in [0.15, 0.2) is 85.3 Å². The van der Waals surface area contributed by atoms with Gasteiger partial charge in [0.15, 0.2) is 0 Å². The van der Waals surface area contributed by atoms with Crippen LogP contribution in [0.1, 0.15) is 90.4 Å². The Bertz CT molecular complexity index is 2970. The van der Waals surface area contributed by atoms with E-state index in [-0.39, 0.29) is 54.3 Å². The number of hydrogen-bond acceptors (Lipinski definition) is 12. The number of hydrogen-bond donors (Lipinski definition) is 4. The fourth-order valence-corrected chi connectivity index (χ4v) is 13.1. The number of H-pyrrole nitrogens is 1. The van der Waals surface area contributed by atoms with Gasteiger partial charge in [-0.2, -0.15) is 0 Å². The van der Waals surface area contributed by atoms with Gasteiger partial charge in [-0.3, -0.25) is 29.0 Å². The number of nitrogens with zero attached hydrogens (tertiary/aromatic N) is 8. The highest BCUT2D eigenvalue weighted by Gasteiger charge is 2.61. The van der Waals surface area contributed by atoms with E-state index in [0.717, 1.165) is 99.0 Å². The minimum Gasteiger partial charge on any atom is -0.373 e. The van der Waals surface area contributed by atoms with Crippen molar-refractivity contribution in [2.45, 2.75) is 81.0 Å². The number of nitrogens with two attached hydrogens (primary N) is 1. The zero-order valence-corrected chi connectivity index (χ0v) is 45.0. The zero-order valence-electron chi connectivity index (χ0n) is 44.2. The average Bonchev–Trinajstić information content (AvgIpc) is 4.29. The first kappa shape index (κ1) is 53.9. The second kappa shape index (κ2) is 22.9. The molecule has 78 heavy (non-hydrogen) atoms. The van der Waals surface area contributed by atoms with E-state index in [4.69, 9.17) is 22.1 Å². The molecule has 5 aromatic rings. The number of benzene rings is 3. The maximum Gasteiger partial charge on any atom is 0.253 e. The molecule has 3 aromatic carbocycles. The molecular weight excluding hydrogens is 1020 g/mol. The summed E-state index contributed by atoms with van der Waals surface area (Å²) in [7, 11) is 0. The van der Waals surface area contributed by atoms with Crippen molar-refractivity contribution in [1.29, 1.82) is 0 Å².